The summed E-state index contributed by atoms with van der Waals surface area (Å²) in [7, 11) is 0. The molecule has 0 aromatic heterocycles. The number of ether oxygens (including phenoxy) is 1. The van der Waals surface area contributed by atoms with Crippen LogP contribution in [0.1, 0.15) is 25.6 Å². The summed E-state index contributed by atoms with van der Waals surface area (Å²) in [5.74, 6) is 0. The summed E-state index contributed by atoms with van der Waals surface area (Å²) < 4.78 is 5.76. The molecule has 1 fully saturated rings. The van der Waals surface area contributed by atoms with Crippen molar-refractivity contribution in [1.82, 2.24) is 5.32 Å². The Balaban J connectivity index is 0.00000128. The molecule has 1 unspecified atom stereocenters. The van der Waals surface area contributed by atoms with E-state index in [-0.39, 0.29) is 24.0 Å². The van der Waals surface area contributed by atoms with Gasteiger partial charge in [-0.3, -0.25) is 5.32 Å². The van der Waals surface area contributed by atoms with E-state index in [2.05, 4.69) is 19.2 Å². The predicted octanol–water partition coefficient (Wildman–Crippen LogP) is 3.41. The van der Waals surface area contributed by atoms with Crippen LogP contribution < -0.4 is 5.32 Å². The highest BCUT2D eigenvalue weighted by Gasteiger charge is 2.27. The van der Waals surface area contributed by atoms with E-state index in [0.717, 1.165) is 23.7 Å². The maximum absolute atomic E-state index is 5.83. The minimum Gasteiger partial charge on any atom is -0.358 e. The molecule has 0 aliphatic carbocycles. The van der Waals surface area contributed by atoms with Gasteiger partial charge in [0.2, 0.25) is 0 Å². The molecule has 16 heavy (non-hydrogen) atoms. The van der Waals surface area contributed by atoms with Crippen molar-refractivity contribution in [3.8, 4) is 0 Å². The van der Waals surface area contributed by atoms with Gasteiger partial charge in [-0.15, -0.1) is 12.4 Å². The highest BCUT2D eigenvalue weighted by atomic mass is 35.5. The lowest BCUT2D eigenvalue weighted by Crippen LogP contribution is -2.42. The van der Waals surface area contributed by atoms with E-state index >= 15 is 0 Å². The quantitative estimate of drug-likeness (QED) is 0.837. The SMILES string of the molecule is CC1(C)CNC(c2ccc(Cl)cc2)OC1.Cl. The van der Waals surface area contributed by atoms with E-state index in [1.807, 2.05) is 24.3 Å². The van der Waals surface area contributed by atoms with Crippen molar-refractivity contribution in [2.75, 3.05) is 13.2 Å². The average molecular weight is 262 g/mol. The Bertz CT molecular complexity index is 327. The number of nitrogens with one attached hydrogen (secondary N) is 1. The summed E-state index contributed by atoms with van der Waals surface area (Å²) in [6, 6.07) is 7.78. The van der Waals surface area contributed by atoms with Crippen LogP contribution >= 0.6 is 24.0 Å². The molecule has 1 atom stereocenters. The zero-order valence-corrected chi connectivity index (χ0v) is 11.1. The molecule has 0 radical (unpaired) electrons. The van der Waals surface area contributed by atoms with Crippen molar-refractivity contribution in [3.63, 3.8) is 0 Å². The first-order chi connectivity index (χ1) is 7.07. The molecule has 1 aromatic rings. The zero-order chi connectivity index (χ0) is 10.9. The molecule has 90 valence electrons. The van der Waals surface area contributed by atoms with Gasteiger partial charge >= 0.3 is 0 Å². The number of rotatable bonds is 1. The van der Waals surface area contributed by atoms with Gasteiger partial charge in [-0.05, 0) is 17.7 Å². The standard InChI is InChI=1S/C12H16ClNO.ClH/c1-12(2)7-14-11(15-8-12)9-3-5-10(13)6-4-9;/h3-6,11,14H,7-8H2,1-2H3;1H. The monoisotopic (exact) mass is 261 g/mol. The van der Waals surface area contributed by atoms with E-state index in [9.17, 15) is 0 Å². The zero-order valence-electron chi connectivity index (χ0n) is 9.50. The normalized spacial score (nSPS) is 23.6. The summed E-state index contributed by atoms with van der Waals surface area (Å²) in [6.07, 6.45) is 0.00953. The Labute approximate surface area is 108 Å². The molecule has 4 heteroatoms. The minimum atomic E-state index is 0. The first-order valence-corrected chi connectivity index (χ1v) is 5.55. The van der Waals surface area contributed by atoms with Crippen LogP contribution in [0.4, 0.5) is 0 Å². The summed E-state index contributed by atoms with van der Waals surface area (Å²) >= 11 is 5.83. The van der Waals surface area contributed by atoms with Gasteiger partial charge in [0.15, 0.2) is 0 Å². The molecule has 0 spiro atoms. The van der Waals surface area contributed by atoms with Crippen molar-refractivity contribution < 1.29 is 4.74 Å². The molecule has 2 nitrogen and oxygen atoms in total. The molecule has 1 saturated heterocycles. The maximum atomic E-state index is 5.83. The third-order valence-corrected chi connectivity index (χ3v) is 2.83. The van der Waals surface area contributed by atoms with Crippen molar-refractivity contribution in [2.24, 2.45) is 5.41 Å². The van der Waals surface area contributed by atoms with Gasteiger partial charge in [0.25, 0.3) is 0 Å². The van der Waals surface area contributed by atoms with Crippen LogP contribution in [0, 0.1) is 5.41 Å². The molecule has 2 rings (SSSR count). The fourth-order valence-electron chi connectivity index (χ4n) is 1.64. The van der Waals surface area contributed by atoms with E-state index in [1.165, 1.54) is 0 Å². The minimum absolute atomic E-state index is 0. The number of benzene rings is 1. The third-order valence-electron chi connectivity index (χ3n) is 2.58. The molecule has 1 heterocycles. The van der Waals surface area contributed by atoms with Gasteiger partial charge in [0, 0.05) is 17.0 Å². The molecule has 1 N–H and O–H groups in total. The highest BCUT2D eigenvalue weighted by Crippen LogP contribution is 2.26. The van der Waals surface area contributed by atoms with E-state index in [0.29, 0.717) is 0 Å². The van der Waals surface area contributed by atoms with E-state index in [1.54, 1.807) is 0 Å². The largest absolute Gasteiger partial charge is 0.358 e. The second kappa shape index (κ2) is 5.37. The maximum Gasteiger partial charge on any atom is 0.134 e. The van der Waals surface area contributed by atoms with Crippen LogP contribution in [0.3, 0.4) is 0 Å². The molecule has 0 saturated carbocycles. The fraction of sp³-hybridized carbons (Fsp3) is 0.500. The van der Waals surface area contributed by atoms with Crippen LogP contribution in [-0.4, -0.2) is 13.2 Å². The molecular weight excluding hydrogens is 245 g/mol. The summed E-state index contributed by atoms with van der Waals surface area (Å²) in [5.41, 5.74) is 1.36. The van der Waals surface area contributed by atoms with Crippen LogP contribution in [0.25, 0.3) is 0 Å². The van der Waals surface area contributed by atoms with Gasteiger partial charge in [-0.25, -0.2) is 0 Å². The average Bonchev–Trinajstić information content (AvgIpc) is 2.20. The van der Waals surface area contributed by atoms with Gasteiger partial charge in [-0.1, -0.05) is 37.6 Å². The number of hydrogen-bond donors (Lipinski definition) is 1. The highest BCUT2D eigenvalue weighted by molar-refractivity contribution is 6.30. The summed E-state index contributed by atoms with van der Waals surface area (Å²) in [6.45, 7) is 6.14. The van der Waals surface area contributed by atoms with Crippen molar-refractivity contribution in [2.45, 2.75) is 20.1 Å². The van der Waals surface area contributed by atoms with Crippen molar-refractivity contribution in [1.29, 1.82) is 0 Å². The first kappa shape index (κ1) is 13.8. The molecule has 1 aliphatic heterocycles. The third kappa shape index (κ3) is 3.36. The van der Waals surface area contributed by atoms with Gasteiger partial charge in [0.1, 0.15) is 6.23 Å². The molecule has 1 aliphatic rings. The summed E-state index contributed by atoms with van der Waals surface area (Å²) in [4.78, 5) is 0. The first-order valence-electron chi connectivity index (χ1n) is 5.17. The topological polar surface area (TPSA) is 21.3 Å². The van der Waals surface area contributed by atoms with Crippen molar-refractivity contribution in [3.05, 3.63) is 34.9 Å². The van der Waals surface area contributed by atoms with Crippen LogP contribution in [0.2, 0.25) is 5.02 Å². The Morgan fingerprint density at radius 1 is 1.31 bits per heavy atom. The number of halogens is 2. The Hall–Kier alpha value is -0.280. The lowest BCUT2D eigenvalue weighted by Gasteiger charge is -2.35. The van der Waals surface area contributed by atoms with Gasteiger partial charge in [-0.2, -0.15) is 0 Å². The van der Waals surface area contributed by atoms with Gasteiger partial charge < -0.3 is 4.74 Å². The predicted molar refractivity (Wildman–Crippen MR) is 69.2 cm³/mol. The Morgan fingerprint density at radius 3 is 2.44 bits per heavy atom. The molecule has 1 aromatic carbocycles. The smallest absolute Gasteiger partial charge is 0.134 e. The Kier molecular flexibility index (Phi) is 4.62. The van der Waals surface area contributed by atoms with Gasteiger partial charge in [0.05, 0.1) is 6.61 Å². The van der Waals surface area contributed by atoms with E-state index in [4.69, 9.17) is 16.3 Å². The molecule has 0 bridgehead atoms. The Morgan fingerprint density at radius 2 is 1.94 bits per heavy atom. The van der Waals surface area contributed by atoms with Crippen molar-refractivity contribution >= 4 is 24.0 Å². The lowest BCUT2D eigenvalue weighted by molar-refractivity contribution is -0.0595. The second-order valence-electron chi connectivity index (χ2n) is 4.79. The van der Waals surface area contributed by atoms with E-state index < -0.39 is 0 Å². The second-order valence-corrected chi connectivity index (χ2v) is 5.22. The van der Waals surface area contributed by atoms with Crippen LogP contribution in [-0.2, 0) is 4.74 Å². The summed E-state index contributed by atoms with van der Waals surface area (Å²) in [5, 5.41) is 4.14. The fourth-order valence-corrected chi connectivity index (χ4v) is 1.77. The molecule has 0 amide bonds. The molecular formula is C12H17Cl2NO. The van der Waals surface area contributed by atoms with Crippen LogP contribution in [0.5, 0.6) is 0 Å². The lowest BCUT2D eigenvalue weighted by atomic mass is 9.93. The van der Waals surface area contributed by atoms with Crippen LogP contribution in [0.15, 0.2) is 24.3 Å². The number of hydrogen-bond acceptors (Lipinski definition) is 2.